The maximum atomic E-state index is 13.0. The van der Waals surface area contributed by atoms with Crippen LogP contribution in [0, 0.1) is 12.8 Å². The largest absolute Gasteiger partial charge is 0.338 e. The maximum absolute atomic E-state index is 13.0. The summed E-state index contributed by atoms with van der Waals surface area (Å²) in [6.45, 7) is 6.31. The van der Waals surface area contributed by atoms with Crippen molar-refractivity contribution in [3.8, 4) is 11.4 Å². The Labute approximate surface area is 191 Å². The summed E-state index contributed by atoms with van der Waals surface area (Å²) in [5.41, 5.74) is 4.14. The van der Waals surface area contributed by atoms with E-state index in [9.17, 15) is 4.79 Å². The normalized spacial score (nSPS) is 16.9. The van der Waals surface area contributed by atoms with E-state index in [0.717, 1.165) is 47.1 Å². The first-order valence-corrected chi connectivity index (χ1v) is 11.5. The monoisotopic (exact) mass is 482 g/mol. The van der Waals surface area contributed by atoms with Crippen LogP contribution in [0.15, 0.2) is 51.5 Å². The average molecular weight is 483 g/mol. The third-order valence-electron chi connectivity index (χ3n) is 5.77. The summed E-state index contributed by atoms with van der Waals surface area (Å²) in [4.78, 5) is 19.8. The average Bonchev–Trinajstić information content (AvgIpc) is 3.24. The van der Waals surface area contributed by atoms with Crippen molar-refractivity contribution >= 4 is 27.5 Å². The summed E-state index contributed by atoms with van der Waals surface area (Å²) in [5, 5.41) is 7.31. The number of piperidine rings is 1. The van der Waals surface area contributed by atoms with Gasteiger partial charge in [-0.15, -0.1) is 0 Å². The second kappa shape index (κ2) is 9.75. The third-order valence-corrected chi connectivity index (χ3v) is 6.27. The van der Waals surface area contributed by atoms with Gasteiger partial charge in [-0.1, -0.05) is 58.3 Å². The standard InChI is InChI=1S/C24H27BrN4O2/c1-3-17-8-4-7-16(2)22(17)27-24(30)19-10-6-12-29(14-19)15-21-26-23(28-31-21)18-9-5-11-20(25)13-18/h4-5,7-9,11,13,19H,3,6,10,12,14-15H2,1-2H3,(H,27,30). The first-order chi connectivity index (χ1) is 15.0. The summed E-state index contributed by atoms with van der Waals surface area (Å²) < 4.78 is 6.45. The van der Waals surface area contributed by atoms with Crippen LogP contribution in [0.1, 0.15) is 36.8 Å². The molecule has 2 aromatic carbocycles. The molecule has 1 unspecified atom stereocenters. The first-order valence-electron chi connectivity index (χ1n) is 10.7. The van der Waals surface area contributed by atoms with Crippen molar-refractivity contribution in [1.82, 2.24) is 15.0 Å². The van der Waals surface area contributed by atoms with Gasteiger partial charge in [0.05, 0.1) is 12.5 Å². The van der Waals surface area contributed by atoms with Crippen LogP contribution in [0.3, 0.4) is 0 Å². The highest BCUT2D eigenvalue weighted by molar-refractivity contribution is 9.10. The molecule has 1 saturated heterocycles. The van der Waals surface area contributed by atoms with E-state index in [0.29, 0.717) is 24.8 Å². The molecule has 31 heavy (non-hydrogen) atoms. The Hall–Kier alpha value is -2.51. The van der Waals surface area contributed by atoms with Crippen molar-refractivity contribution in [2.75, 3.05) is 18.4 Å². The number of hydrogen-bond acceptors (Lipinski definition) is 5. The molecular formula is C24H27BrN4O2. The van der Waals surface area contributed by atoms with E-state index in [1.165, 1.54) is 5.56 Å². The second-order valence-corrected chi connectivity index (χ2v) is 8.96. The van der Waals surface area contributed by atoms with Crippen LogP contribution in [0.4, 0.5) is 5.69 Å². The van der Waals surface area contributed by atoms with Gasteiger partial charge in [-0.3, -0.25) is 9.69 Å². The topological polar surface area (TPSA) is 71.3 Å². The quantitative estimate of drug-likeness (QED) is 0.521. The third kappa shape index (κ3) is 5.22. The fourth-order valence-corrected chi connectivity index (χ4v) is 4.49. The fourth-order valence-electron chi connectivity index (χ4n) is 4.10. The van der Waals surface area contributed by atoms with Crippen LogP contribution in [-0.4, -0.2) is 34.0 Å². The lowest BCUT2D eigenvalue weighted by Crippen LogP contribution is -2.40. The van der Waals surface area contributed by atoms with E-state index in [2.05, 4.69) is 49.3 Å². The molecule has 1 aliphatic rings. The highest BCUT2D eigenvalue weighted by Crippen LogP contribution is 2.25. The van der Waals surface area contributed by atoms with Gasteiger partial charge >= 0.3 is 0 Å². The zero-order valence-corrected chi connectivity index (χ0v) is 19.5. The number of anilines is 1. The summed E-state index contributed by atoms with van der Waals surface area (Å²) in [7, 11) is 0. The molecule has 1 amide bonds. The number of amides is 1. The molecule has 4 rings (SSSR count). The number of nitrogens with zero attached hydrogens (tertiary/aromatic N) is 3. The van der Waals surface area contributed by atoms with Crippen molar-refractivity contribution in [2.45, 2.75) is 39.7 Å². The smallest absolute Gasteiger partial charge is 0.241 e. The Balaban J connectivity index is 1.40. The molecule has 1 atom stereocenters. The number of para-hydroxylation sites is 1. The Kier molecular flexibility index (Phi) is 6.83. The minimum absolute atomic E-state index is 0.0504. The van der Waals surface area contributed by atoms with Gasteiger partial charge in [-0.2, -0.15) is 4.98 Å². The number of carbonyl (C=O) groups is 1. The van der Waals surface area contributed by atoms with Crippen LogP contribution in [0.2, 0.25) is 0 Å². The van der Waals surface area contributed by atoms with Crippen LogP contribution in [0.5, 0.6) is 0 Å². The summed E-state index contributed by atoms with van der Waals surface area (Å²) in [5.74, 6) is 1.19. The molecule has 0 saturated carbocycles. The summed E-state index contributed by atoms with van der Waals surface area (Å²) in [6.07, 6.45) is 2.76. The lowest BCUT2D eigenvalue weighted by Gasteiger charge is -2.31. The minimum atomic E-state index is -0.0504. The Morgan fingerprint density at radius 1 is 1.29 bits per heavy atom. The second-order valence-electron chi connectivity index (χ2n) is 8.05. The van der Waals surface area contributed by atoms with Crippen molar-refractivity contribution in [2.24, 2.45) is 5.92 Å². The number of aryl methyl sites for hydroxylation is 2. The molecule has 2 heterocycles. The molecule has 1 aliphatic heterocycles. The number of rotatable bonds is 6. The molecule has 0 bridgehead atoms. The Morgan fingerprint density at radius 2 is 2.13 bits per heavy atom. The first kappa shape index (κ1) is 21.7. The van der Waals surface area contributed by atoms with E-state index >= 15 is 0 Å². The van der Waals surface area contributed by atoms with Gasteiger partial charge in [0.1, 0.15) is 0 Å². The zero-order chi connectivity index (χ0) is 21.8. The van der Waals surface area contributed by atoms with Crippen LogP contribution >= 0.6 is 15.9 Å². The van der Waals surface area contributed by atoms with E-state index < -0.39 is 0 Å². The number of carbonyl (C=O) groups excluding carboxylic acids is 1. The highest BCUT2D eigenvalue weighted by Gasteiger charge is 2.27. The number of likely N-dealkylation sites (tertiary alicyclic amines) is 1. The van der Waals surface area contributed by atoms with Crippen molar-refractivity contribution in [3.63, 3.8) is 0 Å². The fraction of sp³-hybridized carbons (Fsp3) is 0.375. The van der Waals surface area contributed by atoms with Gasteiger partial charge in [0, 0.05) is 22.3 Å². The van der Waals surface area contributed by atoms with Gasteiger partial charge < -0.3 is 9.84 Å². The highest BCUT2D eigenvalue weighted by atomic mass is 79.9. The number of benzene rings is 2. The van der Waals surface area contributed by atoms with Gasteiger partial charge in [0.15, 0.2) is 0 Å². The van der Waals surface area contributed by atoms with E-state index in [-0.39, 0.29) is 11.8 Å². The predicted molar refractivity (Wildman–Crippen MR) is 125 cm³/mol. The molecule has 1 N–H and O–H groups in total. The molecule has 1 fully saturated rings. The van der Waals surface area contributed by atoms with Crippen molar-refractivity contribution in [1.29, 1.82) is 0 Å². The molecule has 7 heteroatoms. The van der Waals surface area contributed by atoms with Gasteiger partial charge in [-0.25, -0.2) is 0 Å². The number of aromatic nitrogens is 2. The molecular weight excluding hydrogens is 456 g/mol. The van der Waals surface area contributed by atoms with Gasteiger partial charge in [0.25, 0.3) is 0 Å². The Morgan fingerprint density at radius 3 is 2.94 bits per heavy atom. The van der Waals surface area contributed by atoms with Crippen LogP contribution in [0.25, 0.3) is 11.4 Å². The molecule has 0 aliphatic carbocycles. The molecule has 0 spiro atoms. The minimum Gasteiger partial charge on any atom is -0.338 e. The Bertz CT molecular complexity index is 1070. The van der Waals surface area contributed by atoms with Crippen LogP contribution in [-0.2, 0) is 17.8 Å². The molecule has 3 aromatic rings. The number of nitrogens with one attached hydrogen (secondary N) is 1. The maximum Gasteiger partial charge on any atom is 0.241 e. The summed E-state index contributed by atoms with van der Waals surface area (Å²) >= 11 is 3.47. The predicted octanol–water partition coefficient (Wildman–Crippen LogP) is 5.22. The van der Waals surface area contributed by atoms with Crippen LogP contribution < -0.4 is 5.32 Å². The molecule has 162 valence electrons. The summed E-state index contributed by atoms with van der Waals surface area (Å²) in [6, 6.07) is 14.0. The van der Waals surface area contributed by atoms with Gasteiger partial charge in [-0.05, 0) is 56.0 Å². The molecule has 1 aromatic heterocycles. The number of halogens is 1. The SMILES string of the molecule is CCc1cccc(C)c1NC(=O)C1CCCN(Cc2nc(-c3cccc(Br)c3)no2)C1. The van der Waals surface area contributed by atoms with Crippen molar-refractivity contribution in [3.05, 3.63) is 64.0 Å². The van der Waals surface area contributed by atoms with E-state index in [4.69, 9.17) is 4.52 Å². The number of hydrogen-bond donors (Lipinski definition) is 1. The lowest BCUT2D eigenvalue weighted by atomic mass is 9.96. The molecule has 0 radical (unpaired) electrons. The van der Waals surface area contributed by atoms with Gasteiger partial charge in [0.2, 0.25) is 17.6 Å². The lowest BCUT2D eigenvalue weighted by molar-refractivity contribution is -0.121. The van der Waals surface area contributed by atoms with E-state index in [1.54, 1.807) is 0 Å². The zero-order valence-electron chi connectivity index (χ0n) is 17.9. The van der Waals surface area contributed by atoms with Crippen molar-refractivity contribution < 1.29 is 9.32 Å². The van der Waals surface area contributed by atoms with E-state index in [1.807, 2.05) is 43.3 Å². The molecule has 6 nitrogen and oxygen atoms in total.